The van der Waals surface area contributed by atoms with E-state index >= 15 is 0 Å². The highest BCUT2D eigenvalue weighted by Crippen LogP contribution is 2.37. The zero-order chi connectivity index (χ0) is 14.6. The van der Waals surface area contributed by atoms with Gasteiger partial charge in [-0.3, -0.25) is 4.79 Å². The van der Waals surface area contributed by atoms with Gasteiger partial charge in [0.25, 0.3) is 0 Å². The highest BCUT2D eigenvalue weighted by molar-refractivity contribution is 6.31. The Labute approximate surface area is 127 Å². The second kappa shape index (κ2) is 4.50. The van der Waals surface area contributed by atoms with Gasteiger partial charge in [-0.2, -0.15) is 0 Å². The summed E-state index contributed by atoms with van der Waals surface area (Å²) >= 11 is 6.14. The zero-order valence-electron chi connectivity index (χ0n) is 11.4. The number of nitrogens with zero attached hydrogens (tertiary/aromatic N) is 1. The summed E-state index contributed by atoms with van der Waals surface area (Å²) in [6, 6.07) is 12.6. The van der Waals surface area contributed by atoms with Crippen LogP contribution in [0.2, 0.25) is 5.02 Å². The van der Waals surface area contributed by atoms with Gasteiger partial charge in [-0.15, -0.1) is 0 Å². The SMILES string of the molecule is NC(=O)c1cccc2c1c1[c]cc(Cl)cc1n2CC1CC1. The number of nitrogens with two attached hydrogens (primary N) is 1. The molecule has 1 amide bonds. The molecule has 0 unspecified atom stereocenters. The first-order chi connectivity index (χ1) is 10.1. The molecule has 21 heavy (non-hydrogen) atoms. The maximum Gasteiger partial charge on any atom is 0.249 e. The van der Waals surface area contributed by atoms with Crippen LogP contribution in [0.1, 0.15) is 23.2 Å². The number of rotatable bonds is 3. The highest BCUT2D eigenvalue weighted by atomic mass is 35.5. The lowest BCUT2D eigenvalue weighted by Gasteiger charge is -2.06. The van der Waals surface area contributed by atoms with Crippen LogP contribution in [0.3, 0.4) is 0 Å². The van der Waals surface area contributed by atoms with Crippen molar-refractivity contribution in [2.24, 2.45) is 11.7 Å². The van der Waals surface area contributed by atoms with Crippen molar-refractivity contribution < 1.29 is 4.79 Å². The Morgan fingerprint density at radius 3 is 2.90 bits per heavy atom. The normalized spacial score (nSPS) is 14.9. The van der Waals surface area contributed by atoms with E-state index in [1.165, 1.54) is 12.8 Å². The molecule has 0 atom stereocenters. The maximum atomic E-state index is 11.7. The molecular formula is C17H14ClN2O. The number of amides is 1. The molecule has 1 fully saturated rings. The molecule has 0 spiro atoms. The minimum atomic E-state index is -0.408. The minimum absolute atomic E-state index is 0.408. The van der Waals surface area contributed by atoms with Crippen LogP contribution in [0.25, 0.3) is 21.8 Å². The maximum absolute atomic E-state index is 11.7. The lowest BCUT2D eigenvalue weighted by Crippen LogP contribution is -2.11. The smallest absolute Gasteiger partial charge is 0.249 e. The number of hydrogen-bond donors (Lipinski definition) is 1. The Balaban J connectivity index is 2.13. The van der Waals surface area contributed by atoms with E-state index in [0.717, 1.165) is 34.3 Å². The molecule has 3 nitrogen and oxygen atoms in total. The summed E-state index contributed by atoms with van der Waals surface area (Å²) in [6.07, 6.45) is 2.53. The first-order valence-electron chi connectivity index (χ1n) is 7.07. The van der Waals surface area contributed by atoms with Crippen LogP contribution in [0.5, 0.6) is 0 Å². The van der Waals surface area contributed by atoms with Gasteiger partial charge in [-0.1, -0.05) is 17.7 Å². The lowest BCUT2D eigenvalue weighted by atomic mass is 10.1. The third-order valence-corrected chi connectivity index (χ3v) is 4.38. The summed E-state index contributed by atoms with van der Waals surface area (Å²) in [5.74, 6) is 0.314. The summed E-state index contributed by atoms with van der Waals surface area (Å²) in [7, 11) is 0. The molecule has 1 saturated carbocycles. The topological polar surface area (TPSA) is 48.0 Å². The van der Waals surface area contributed by atoms with Crippen LogP contribution >= 0.6 is 11.6 Å². The third-order valence-electron chi connectivity index (χ3n) is 4.16. The molecule has 2 N–H and O–H groups in total. The van der Waals surface area contributed by atoms with Crippen LogP contribution in [0.15, 0.2) is 30.3 Å². The molecule has 0 saturated heterocycles. The fourth-order valence-electron chi connectivity index (χ4n) is 2.99. The summed E-state index contributed by atoms with van der Waals surface area (Å²) in [4.78, 5) is 11.7. The predicted octanol–water partition coefficient (Wildman–Crippen LogP) is 3.76. The van der Waals surface area contributed by atoms with Crippen LogP contribution < -0.4 is 5.73 Å². The molecule has 0 aliphatic heterocycles. The van der Waals surface area contributed by atoms with Gasteiger partial charge in [0.05, 0.1) is 5.52 Å². The molecule has 1 radical (unpaired) electrons. The summed E-state index contributed by atoms with van der Waals surface area (Å²) in [5, 5.41) is 2.46. The number of hydrogen-bond acceptors (Lipinski definition) is 1. The first kappa shape index (κ1) is 12.7. The van der Waals surface area contributed by atoms with Gasteiger partial charge in [0.2, 0.25) is 5.91 Å². The Bertz CT molecular complexity index is 877. The average Bonchev–Trinajstić information content (AvgIpc) is 3.23. The van der Waals surface area contributed by atoms with Crippen molar-refractivity contribution in [1.29, 1.82) is 0 Å². The van der Waals surface area contributed by atoms with Crippen molar-refractivity contribution in [1.82, 2.24) is 4.57 Å². The molecule has 1 heterocycles. The standard InChI is InChI=1S/C17H14ClN2O/c18-11-6-7-12-15(8-11)20(9-10-4-5-10)14-3-1-2-13(16(12)14)17(19)21/h1-3,6,8,10H,4-5,9H2,(H2,19,21). The van der Waals surface area contributed by atoms with Crippen molar-refractivity contribution in [3.63, 3.8) is 0 Å². The van der Waals surface area contributed by atoms with Gasteiger partial charge in [0, 0.05) is 33.4 Å². The molecule has 0 bridgehead atoms. The number of fused-ring (bicyclic) bond motifs is 3. The molecule has 1 aliphatic carbocycles. The van der Waals surface area contributed by atoms with Crippen molar-refractivity contribution in [2.45, 2.75) is 19.4 Å². The highest BCUT2D eigenvalue weighted by Gasteiger charge is 2.24. The number of aromatic nitrogens is 1. The average molecular weight is 298 g/mol. The summed E-state index contributed by atoms with van der Waals surface area (Å²) in [5.41, 5.74) is 8.14. The van der Waals surface area contributed by atoms with Crippen LogP contribution in [0.4, 0.5) is 0 Å². The zero-order valence-corrected chi connectivity index (χ0v) is 12.2. The number of primary amides is 1. The number of carbonyl (C=O) groups excluding carboxylic acids is 1. The van der Waals surface area contributed by atoms with Gasteiger partial charge in [0.15, 0.2) is 0 Å². The Morgan fingerprint density at radius 2 is 2.19 bits per heavy atom. The van der Waals surface area contributed by atoms with Gasteiger partial charge in [0.1, 0.15) is 0 Å². The fourth-order valence-corrected chi connectivity index (χ4v) is 3.15. The minimum Gasteiger partial charge on any atom is -0.366 e. The Morgan fingerprint density at radius 1 is 1.38 bits per heavy atom. The van der Waals surface area contributed by atoms with Gasteiger partial charge >= 0.3 is 0 Å². The van der Waals surface area contributed by atoms with Crippen LogP contribution in [0, 0.1) is 12.0 Å². The number of benzene rings is 2. The van der Waals surface area contributed by atoms with E-state index < -0.39 is 5.91 Å². The molecule has 3 aromatic rings. The van der Waals surface area contributed by atoms with Gasteiger partial charge in [-0.25, -0.2) is 0 Å². The quantitative estimate of drug-likeness (QED) is 0.786. The molecule has 105 valence electrons. The molecule has 1 aromatic heterocycles. The lowest BCUT2D eigenvalue weighted by molar-refractivity contribution is 0.100. The predicted molar refractivity (Wildman–Crippen MR) is 84.5 cm³/mol. The van der Waals surface area contributed by atoms with Gasteiger partial charge < -0.3 is 10.3 Å². The van der Waals surface area contributed by atoms with Gasteiger partial charge in [-0.05, 0) is 49.1 Å². The van der Waals surface area contributed by atoms with E-state index in [1.54, 1.807) is 12.1 Å². The van der Waals surface area contributed by atoms with Crippen molar-refractivity contribution >= 4 is 39.3 Å². The molecule has 2 aromatic carbocycles. The van der Waals surface area contributed by atoms with Crippen LogP contribution in [-0.4, -0.2) is 10.5 Å². The van der Waals surface area contributed by atoms with Crippen molar-refractivity contribution in [2.75, 3.05) is 0 Å². The second-order valence-electron chi connectivity index (χ2n) is 5.70. The first-order valence-corrected chi connectivity index (χ1v) is 7.45. The number of halogens is 1. The van der Waals surface area contributed by atoms with E-state index in [9.17, 15) is 4.79 Å². The van der Waals surface area contributed by atoms with Crippen molar-refractivity contribution in [3.05, 3.63) is 47.0 Å². The Kier molecular flexibility index (Phi) is 2.73. The fraction of sp³-hybridized carbons (Fsp3) is 0.235. The van der Waals surface area contributed by atoms with Crippen molar-refractivity contribution in [3.8, 4) is 0 Å². The number of carbonyl (C=O) groups is 1. The molecule has 1 aliphatic rings. The third kappa shape index (κ3) is 2.00. The summed E-state index contributed by atoms with van der Waals surface area (Å²) in [6.45, 7) is 0.955. The van der Waals surface area contributed by atoms with E-state index in [4.69, 9.17) is 17.3 Å². The monoisotopic (exact) mass is 297 g/mol. The Hall–Kier alpha value is -2.00. The largest absolute Gasteiger partial charge is 0.366 e. The molecule has 4 rings (SSSR count). The van der Waals surface area contributed by atoms with E-state index in [1.807, 2.05) is 18.2 Å². The van der Waals surface area contributed by atoms with E-state index in [-0.39, 0.29) is 0 Å². The van der Waals surface area contributed by atoms with E-state index in [2.05, 4.69) is 10.6 Å². The van der Waals surface area contributed by atoms with E-state index in [0.29, 0.717) is 10.6 Å². The van der Waals surface area contributed by atoms with Crippen LogP contribution in [-0.2, 0) is 6.54 Å². The second-order valence-corrected chi connectivity index (χ2v) is 6.13. The molecular weight excluding hydrogens is 284 g/mol. The molecule has 4 heteroatoms. The summed E-state index contributed by atoms with van der Waals surface area (Å²) < 4.78 is 2.25.